The molecule has 0 fully saturated rings. The molecule has 0 aliphatic heterocycles. The van der Waals surface area contributed by atoms with Gasteiger partial charge in [0.15, 0.2) is 5.78 Å². The van der Waals surface area contributed by atoms with Crippen molar-refractivity contribution < 1.29 is 14.6 Å². The van der Waals surface area contributed by atoms with E-state index in [4.69, 9.17) is 16.3 Å². The van der Waals surface area contributed by atoms with Crippen LogP contribution in [0.1, 0.15) is 25.5 Å². The molecule has 0 heterocycles. The Morgan fingerprint density at radius 3 is 2.50 bits per heavy atom. The Labute approximate surface area is 100.0 Å². The van der Waals surface area contributed by atoms with Gasteiger partial charge in [-0.2, -0.15) is 0 Å². The van der Waals surface area contributed by atoms with E-state index in [1.54, 1.807) is 32.0 Å². The fourth-order valence-electron chi connectivity index (χ4n) is 1.33. The van der Waals surface area contributed by atoms with Crippen LogP contribution in [0.3, 0.4) is 0 Å². The molecule has 3 nitrogen and oxygen atoms in total. The van der Waals surface area contributed by atoms with Gasteiger partial charge in [0, 0.05) is 5.92 Å². The Morgan fingerprint density at radius 1 is 1.44 bits per heavy atom. The molecular formula is C12H15ClO3. The van der Waals surface area contributed by atoms with Crippen molar-refractivity contribution in [1.29, 1.82) is 0 Å². The third-order valence-corrected chi connectivity index (χ3v) is 2.63. The van der Waals surface area contributed by atoms with Gasteiger partial charge in [-0.3, -0.25) is 4.79 Å². The largest absolute Gasteiger partial charge is 0.495 e. The van der Waals surface area contributed by atoms with Gasteiger partial charge >= 0.3 is 0 Å². The molecule has 0 amide bonds. The number of aliphatic hydroxyl groups excluding tert-OH is 1. The first-order valence-electron chi connectivity index (χ1n) is 5.02. The number of ketones is 1. The molecule has 0 saturated carbocycles. The summed E-state index contributed by atoms with van der Waals surface area (Å²) in [6.07, 6.45) is -1.12. The first kappa shape index (κ1) is 13.0. The van der Waals surface area contributed by atoms with Gasteiger partial charge in [-0.05, 0) is 17.7 Å². The second-order valence-electron chi connectivity index (χ2n) is 3.85. The van der Waals surface area contributed by atoms with E-state index in [1.165, 1.54) is 7.11 Å². The van der Waals surface area contributed by atoms with Crippen LogP contribution in [0, 0.1) is 5.92 Å². The third-order valence-electron chi connectivity index (χ3n) is 2.33. The number of aliphatic hydroxyl groups is 1. The zero-order chi connectivity index (χ0) is 12.3. The van der Waals surface area contributed by atoms with Crippen LogP contribution in [-0.4, -0.2) is 18.0 Å². The molecule has 1 aromatic carbocycles. The minimum atomic E-state index is -1.12. The third kappa shape index (κ3) is 2.74. The van der Waals surface area contributed by atoms with E-state index in [9.17, 15) is 9.90 Å². The maximum absolute atomic E-state index is 11.6. The van der Waals surface area contributed by atoms with E-state index in [2.05, 4.69) is 0 Å². The van der Waals surface area contributed by atoms with E-state index in [1.807, 2.05) is 0 Å². The van der Waals surface area contributed by atoms with Crippen molar-refractivity contribution in [3.63, 3.8) is 0 Å². The summed E-state index contributed by atoms with van der Waals surface area (Å²) in [5.41, 5.74) is 0.490. The molecule has 1 atom stereocenters. The van der Waals surface area contributed by atoms with Gasteiger partial charge in [0.1, 0.15) is 11.9 Å². The van der Waals surface area contributed by atoms with Crippen LogP contribution >= 0.6 is 11.6 Å². The molecule has 0 spiro atoms. The van der Waals surface area contributed by atoms with Gasteiger partial charge in [-0.15, -0.1) is 0 Å². The molecular weight excluding hydrogens is 228 g/mol. The summed E-state index contributed by atoms with van der Waals surface area (Å²) in [7, 11) is 1.51. The van der Waals surface area contributed by atoms with Gasteiger partial charge in [0.05, 0.1) is 12.1 Å². The summed E-state index contributed by atoms with van der Waals surface area (Å²) in [5, 5.41) is 10.2. The van der Waals surface area contributed by atoms with Crippen molar-refractivity contribution in [3.8, 4) is 5.75 Å². The smallest absolute Gasteiger partial charge is 0.168 e. The highest BCUT2D eigenvalue weighted by Crippen LogP contribution is 2.28. The number of rotatable bonds is 4. The molecule has 16 heavy (non-hydrogen) atoms. The van der Waals surface area contributed by atoms with Crippen LogP contribution in [0.15, 0.2) is 18.2 Å². The summed E-state index contributed by atoms with van der Waals surface area (Å²) in [6.45, 7) is 3.49. The summed E-state index contributed by atoms with van der Waals surface area (Å²) >= 11 is 5.91. The Bertz CT molecular complexity index is 388. The summed E-state index contributed by atoms with van der Waals surface area (Å²) in [5.74, 6) is 0.0896. The first-order valence-corrected chi connectivity index (χ1v) is 5.40. The van der Waals surface area contributed by atoms with E-state index in [-0.39, 0.29) is 11.7 Å². The van der Waals surface area contributed by atoms with Crippen molar-refractivity contribution >= 4 is 17.4 Å². The number of carbonyl (C=O) groups is 1. The number of carbonyl (C=O) groups excluding carboxylic acids is 1. The van der Waals surface area contributed by atoms with Crippen molar-refractivity contribution in [2.75, 3.05) is 7.11 Å². The Balaban J connectivity index is 2.97. The van der Waals surface area contributed by atoms with Gasteiger partial charge in [-0.1, -0.05) is 31.5 Å². The topological polar surface area (TPSA) is 46.5 Å². The van der Waals surface area contributed by atoms with Gasteiger partial charge < -0.3 is 9.84 Å². The van der Waals surface area contributed by atoms with E-state index in [0.717, 1.165) is 0 Å². The van der Waals surface area contributed by atoms with Crippen molar-refractivity contribution in [1.82, 2.24) is 0 Å². The lowest BCUT2D eigenvalue weighted by Crippen LogP contribution is -2.17. The normalized spacial score (nSPS) is 12.6. The number of benzene rings is 1. The van der Waals surface area contributed by atoms with Crippen LogP contribution in [0.5, 0.6) is 5.75 Å². The highest BCUT2D eigenvalue weighted by molar-refractivity contribution is 6.32. The number of halogens is 1. The van der Waals surface area contributed by atoms with Crippen molar-refractivity contribution in [2.24, 2.45) is 5.92 Å². The fourth-order valence-corrected chi connectivity index (χ4v) is 1.60. The molecule has 1 rings (SSSR count). The van der Waals surface area contributed by atoms with E-state index in [0.29, 0.717) is 16.3 Å². The molecule has 0 aliphatic rings. The molecule has 4 heteroatoms. The molecule has 1 unspecified atom stereocenters. The number of hydrogen-bond donors (Lipinski definition) is 1. The summed E-state index contributed by atoms with van der Waals surface area (Å²) < 4.78 is 4.99. The van der Waals surface area contributed by atoms with Crippen molar-refractivity contribution in [3.05, 3.63) is 28.8 Å². The SMILES string of the molecule is COc1ccc(C(O)C(=O)C(C)C)cc1Cl. The minimum Gasteiger partial charge on any atom is -0.495 e. The Hall–Kier alpha value is -1.06. The minimum absolute atomic E-state index is 0.212. The summed E-state index contributed by atoms with van der Waals surface area (Å²) in [6, 6.07) is 4.81. The van der Waals surface area contributed by atoms with Crippen LogP contribution in [-0.2, 0) is 4.79 Å². The molecule has 0 bridgehead atoms. The number of methoxy groups -OCH3 is 1. The molecule has 1 N–H and O–H groups in total. The van der Waals surface area contributed by atoms with Crippen LogP contribution < -0.4 is 4.74 Å². The number of Topliss-reactive ketones (excluding diaryl/α,β-unsaturated/α-hetero) is 1. The Kier molecular flexibility index (Phi) is 4.33. The van der Waals surface area contributed by atoms with Gasteiger partial charge in [-0.25, -0.2) is 0 Å². The monoisotopic (exact) mass is 242 g/mol. The zero-order valence-electron chi connectivity index (χ0n) is 9.53. The number of hydrogen-bond acceptors (Lipinski definition) is 3. The maximum atomic E-state index is 11.6. The standard InChI is InChI=1S/C12H15ClO3/c1-7(2)11(14)12(15)8-4-5-10(16-3)9(13)6-8/h4-7,12,15H,1-3H3. The Morgan fingerprint density at radius 2 is 2.06 bits per heavy atom. The van der Waals surface area contributed by atoms with Gasteiger partial charge in [0.2, 0.25) is 0 Å². The summed E-state index contributed by atoms with van der Waals surface area (Å²) in [4.78, 5) is 11.6. The molecule has 0 aliphatic carbocycles. The fraction of sp³-hybridized carbons (Fsp3) is 0.417. The lowest BCUT2D eigenvalue weighted by atomic mass is 9.98. The van der Waals surface area contributed by atoms with E-state index >= 15 is 0 Å². The van der Waals surface area contributed by atoms with E-state index < -0.39 is 6.10 Å². The number of ether oxygens (including phenoxy) is 1. The van der Waals surface area contributed by atoms with Crippen LogP contribution in [0.4, 0.5) is 0 Å². The molecule has 0 radical (unpaired) electrons. The molecule has 0 saturated heterocycles. The highest BCUT2D eigenvalue weighted by atomic mass is 35.5. The molecule has 88 valence electrons. The predicted molar refractivity (Wildman–Crippen MR) is 62.8 cm³/mol. The van der Waals surface area contributed by atoms with Crippen LogP contribution in [0.25, 0.3) is 0 Å². The quantitative estimate of drug-likeness (QED) is 0.883. The van der Waals surface area contributed by atoms with Crippen molar-refractivity contribution in [2.45, 2.75) is 20.0 Å². The predicted octanol–water partition coefficient (Wildman–Crippen LogP) is 2.61. The second-order valence-corrected chi connectivity index (χ2v) is 4.26. The lowest BCUT2D eigenvalue weighted by molar-refractivity contribution is -0.130. The lowest BCUT2D eigenvalue weighted by Gasteiger charge is -2.13. The maximum Gasteiger partial charge on any atom is 0.168 e. The zero-order valence-corrected chi connectivity index (χ0v) is 10.3. The first-order chi connectivity index (χ1) is 7.47. The molecule has 1 aromatic rings. The average Bonchev–Trinajstić information content (AvgIpc) is 2.26. The second kappa shape index (κ2) is 5.32. The highest BCUT2D eigenvalue weighted by Gasteiger charge is 2.20. The molecule has 0 aromatic heterocycles. The van der Waals surface area contributed by atoms with Gasteiger partial charge in [0.25, 0.3) is 0 Å². The average molecular weight is 243 g/mol. The van der Waals surface area contributed by atoms with Crippen LogP contribution in [0.2, 0.25) is 5.02 Å².